The number of anilines is 1. The van der Waals surface area contributed by atoms with Crippen LogP contribution in [0, 0.1) is 0 Å². The Hall–Kier alpha value is -1.91. The molecule has 0 saturated carbocycles. The van der Waals surface area contributed by atoms with Crippen molar-refractivity contribution in [1.29, 1.82) is 0 Å². The highest BCUT2D eigenvalue weighted by Crippen LogP contribution is 2.40. The van der Waals surface area contributed by atoms with Crippen molar-refractivity contribution in [3.05, 3.63) is 45.9 Å². The number of hydrogen-bond acceptors (Lipinski definition) is 3. The molecule has 128 valence electrons. The molecular formula is C18H19Cl2NO3. The summed E-state index contributed by atoms with van der Waals surface area (Å²) in [7, 11) is 1.64. The number of halogens is 2. The lowest BCUT2D eigenvalue weighted by atomic mass is 10.0. The Bertz CT molecular complexity index is 737. The van der Waals surface area contributed by atoms with Gasteiger partial charge in [-0.1, -0.05) is 37.0 Å². The van der Waals surface area contributed by atoms with Crippen LogP contribution in [0.2, 0.25) is 10.0 Å². The van der Waals surface area contributed by atoms with Gasteiger partial charge in [0.25, 0.3) is 0 Å². The van der Waals surface area contributed by atoms with Crippen LogP contribution in [0.4, 0.5) is 5.69 Å². The van der Waals surface area contributed by atoms with E-state index < -0.39 is 0 Å². The molecule has 0 heterocycles. The molecule has 6 heteroatoms. The van der Waals surface area contributed by atoms with Crippen LogP contribution in [0.5, 0.6) is 17.2 Å². The second kappa shape index (κ2) is 7.77. The van der Waals surface area contributed by atoms with Crippen LogP contribution in [0.1, 0.15) is 32.3 Å². The number of nitrogens with one attached hydrogen (secondary N) is 1. The van der Waals surface area contributed by atoms with E-state index in [-0.39, 0.29) is 11.8 Å². The lowest BCUT2D eigenvalue weighted by molar-refractivity contribution is -0.114. The molecule has 1 amide bonds. The fourth-order valence-corrected chi connectivity index (χ4v) is 2.84. The van der Waals surface area contributed by atoms with Crippen molar-refractivity contribution in [3.8, 4) is 17.2 Å². The molecule has 0 saturated heterocycles. The number of benzene rings is 2. The van der Waals surface area contributed by atoms with E-state index in [4.69, 9.17) is 32.7 Å². The van der Waals surface area contributed by atoms with Gasteiger partial charge in [-0.3, -0.25) is 4.79 Å². The molecule has 0 aromatic heterocycles. The van der Waals surface area contributed by atoms with Crippen molar-refractivity contribution in [2.24, 2.45) is 0 Å². The molecule has 0 radical (unpaired) electrons. The Labute approximate surface area is 151 Å². The highest BCUT2D eigenvalue weighted by molar-refractivity contribution is 6.37. The van der Waals surface area contributed by atoms with Crippen molar-refractivity contribution < 1.29 is 14.3 Å². The number of carbonyl (C=O) groups excluding carboxylic acids is 1. The second-order valence-electron chi connectivity index (χ2n) is 5.61. The lowest BCUT2D eigenvalue weighted by Crippen LogP contribution is -2.05. The van der Waals surface area contributed by atoms with Gasteiger partial charge in [-0.15, -0.1) is 0 Å². The highest BCUT2D eigenvalue weighted by Gasteiger charge is 2.14. The SMILES string of the molecule is COc1ccc(Oc2c(Cl)cc(NC(C)=O)cc2Cl)cc1C(C)C. The molecule has 4 nitrogen and oxygen atoms in total. The first-order valence-corrected chi connectivity index (χ1v) is 8.19. The molecule has 24 heavy (non-hydrogen) atoms. The zero-order valence-electron chi connectivity index (χ0n) is 13.9. The fourth-order valence-electron chi connectivity index (χ4n) is 2.28. The summed E-state index contributed by atoms with van der Waals surface area (Å²) in [6.07, 6.45) is 0. The van der Waals surface area contributed by atoms with E-state index in [1.165, 1.54) is 6.92 Å². The van der Waals surface area contributed by atoms with Crippen LogP contribution >= 0.6 is 23.2 Å². The molecule has 0 bridgehead atoms. The average molecular weight is 368 g/mol. The molecule has 0 aliphatic rings. The maximum atomic E-state index is 11.1. The quantitative estimate of drug-likeness (QED) is 0.717. The maximum Gasteiger partial charge on any atom is 0.221 e. The minimum absolute atomic E-state index is 0.201. The van der Waals surface area contributed by atoms with Gasteiger partial charge in [0.05, 0.1) is 17.2 Å². The molecule has 0 aliphatic carbocycles. The Morgan fingerprint density at radius 2 is 1.75 bits per heavy atom. The number of hydrogen-bond donors (Lipinski definition) is 1. The van der Waals surface area contributed by atoms with Gasteiger partial charge in [-0.2, -0.15) is 0 Å². The second-order valence-corrected chi connectivity index (χ2v) is 6.43. The molecule has 0 atom stereocenters. The summed E-state index contributed by atoms with van der Waals surface area (Å²) in [6, 6.07) is 8.73. The van der Waals surface area contributed by atoms with Crippen molar-refractivity contribution >= 4 is 34.8 Å². The van der Waals surface area contributed by atoms with Crippen molar-refractivity contribution in [2.75, 3.05) is 12.4 Å². The first-order chi connectivity index (χ1) is 11.3. The summed E-state index contributed by atoms with van der Waals surface area (Å²) in [5.74, 6) is 1.82. The van der Waals surface area contributed by atoms with E-state index in [2.05, 4.69) is 19.2 Å². The van der Waals surface area contributed by atoms with Gasteiger partial charge in [0.2, 0.25) is 5.91 Å². The zero-order chi connectivity index (χ0) is 17.9. The van der Waals surface area contributed by atoms with Crippen LogP contribution in [0.15, 0.2) is 30.3 Å². The predicted octanol–water partition coefficient (Wildman–Crippen LogP) is 5.88. The Kier molecular flexibility index (Phi) is 5.97. The summed E-state index contributed by atoms with van der Waals surface area (Å²) in [5, 5.41) is 3.26. The van der Waals surface area contributed by atoms with Gasteiger partial charge in [0.15, 0.2) is 5.75 Å². The van der Waals surface area contributed by atoms with Gasteiger partial charge >= 0.3 is 0 Å². The first-order valence-electron chi connectivity index (χ1n) is 7.44. The molecule has 2 aromatic carbocycles. The normalized spacial score (nSPS) is 10.6. The minimum Gasteiger partial charge on any atom is -0.496 e. The molecule has 0 unspecified atom stereocenters. The molecule has 0 aliphatic heterocycles. The van der Waals surface area contributed by atoms with Gasteiger partial charge in [-0.05, 0) is 36.2 Å². The fraction of sp³-hybridized carbons (Fsp3) is 0.278. The minimum atomic E-state index is -0.201. The molecule has 2 aromatic rings. The third-order valence-corrected chi connectivity index (χ3v) is 3.92. The number of rotatable bonds is 5. The molecule has 1 N–H and O–H groups in total. The summed E-state index contributed by atoms with van der Waals surface area (Å²) in [4.78, 5) is 11.1. The zero-order valence-corrected chi connectivity index (χ0v) is 15.5. The van der Waals surface area contributed by atoms with Gasteiger partial charge in [0.1, 0.15) is 11.5 Å². The molecule has 0 spiro atoms. The average Bonchev–Trinajstić information content (AvgIpc) is 2.50. The van der Waals surface area contributed by atoms with Crippen molar-refractivity contribution in [2.45, 2.75) is 26.7 Å². The highest BCUT2D eigenvalue weighted by atomic mass is 35.5. The number of methoxy groups -OCH3 is 1. The summed E-state index contributed by atoms with van der Waals surface area (Å²) < 4.78 is 11.2. The largest absolute Gasteiger partial charge is 0.496 e. The van der Waals surface area contributed by atoms with E-state index in [1.54, 1.807) is 25.3 Å². The van der Waals surface area contributed by atoms with Gasteiger partial charge in [-0.25, -0.2) is 0 Å². The van der Waals surface area contributed by atoms with Gasteiger partial charge in [0, 0.05) is 18.2 Å². The van der Waals surface area contributed by atoms with E-state index in [0.29, 0.717) is 27.2 Å². The molecule has 0 fully saturated rings. The van der Waals surface area contributed by atoms with E-state index in [0.717, 1.165) is 11.3 Å². The van der Waals surface area contributed by atoms with Crippen LogP contribution in [0.3, 0.4) is 0 Å². The predicted molar refractivity (Wildman–Crippen MR) is 97.9 cm³/mol. The van der Waals surface area contributed by atoms with Crippen LogP contribution in [0.25, 0.3) is 0 Å². The van der Waals surface area contributed by atoms with Crippen LogP contribution in [-0.4, -0.2) is 13.0 Å². The maximum absolute atomic E-state index is 11.1. The first kappa shape index (κ1) is 18.4. The van der Waals surface area contributed by atoms with Gasteiger partial charge < -0.3 is 14.8 Å². The van der Waals surface area contributed by atoms with Crippen LogP contribution in [-0.2, 0) is 4.79 Å². The van der Waals surface area contributed by atoms with Crippen molar-refractivity contribution in [3.63, 3.8) is 0 Å². The smallest absolute Gasteiger partial charge is 0.221 e. The summed E-state index contributed by atoms with van der Waals surface area (Å²) >= 11 is 12.5. The summed E-state index contributed by atoms with van der Waals surface area (Å²) in [6.45, 7) is 5.56. The third kappa shape index (κ3) is 4.34. The monoisotopic (exact) mass is 367 g/mol. The number of carbonyl (C=O) groups is 1. The van der Waals surface area contributed by atoms with E-state index in [9.17, 15) is 4.79 Å². The van der Waals surface area contributed by atoms with E-state index >= 15 is 0 Å². The Morgan fingerprint density at radius 3 is 2.25 bits per heavy atom. The third-order valence-electron chi connectivity index (χ3n) is 3.36. The Balaban J connectivity index is 2.34. The van der Waals surface area contributed by atoms with Crippen molar-refractivity contribution in [1.82, 2.24) is 0 Å². The molecule has 2 rings (SSSR count). The lowest BCUT2D eigenvalue weighted by Gasteiger charge is -2.15. The Morgan fingerprint density at radius 1 is 1.12 bits per heavy atom. The number of amides is 1. The summed E-state index contributed by atoms with van der Waals surface area (Å²) in [5.41, 5.74) is 1.54. The number of ether oxygens (including phenoxy) is 2. The standard InChI is InChI=1S/C18H19Cl2NO3/c1-10(2)14-9-13(5-6-17(14)23-4)24-18-15(19)7-12(8-16(18)20)21-11(3)22/h5-10H,1-4H3,(H,21,22). The van der Waals surface area contributed by atoms with Crippen LogP contribution < -0.4 is 14.8 Å². The van der Waals surface area contributed by atoms with E-state index in [1.807, 2.05) is 12.1 Å². The topological polar surface area (TPSA) is 47.6 Å². The molecular weight excluding hydrogens is 349 g/mol.